The van der Waals surface area contributed by atoms with Crippen molar-refractivity contribution in [1.82, 2.24) is 10.2 Å². The van der Waals surface area contributed by atoms with Gasteiger partial charge in [0.05, 0.1) is 0 Å². The van der Waals surface area contributed by atoms with Crippen molar-refractivity contribution in [3.8, 4) is 6.19 Å². The minimum Gasteiger partial charge on any atom is -0.321 e. The van der Waals surface area contributed by atoms with E-state index in [4.69, 9.17) is 5.26 Å². The summed E-state index contributed by atoms with van der Waals surface area (Å²) in [6.45, 7) is 2.47. The predicted molar refractivity (Wildman–Crippen MR) is 46.4 cm³/mol. The Kier molecular flexibility index (Phi) is 2.18. The lowest BCUT2D eigenvalue weighted by Crippen LogP contribution is -2.44. The molecule has 2 saturated heterocycles. The summed E-state index contributed by atoms with van der Waals surface area (Å²) < 4.78 is 0. The zero-order valence-corrected chi connectivity index (χ0v) is 7.29. The van der Waals surface area contributed by atoms with Crippen LogP contribution in [0.25, 0.3) is 0 Å². The maximum atomic E-state index is 8.48. The van der Waals surface area contributed by atoms with Crippen molar-refractivity contribution in [3.63, 3.8) is 0 Å². The number of piperidine rings is 1. The van der Waals surface area contributed by atoms with E-state index in [9.17, 15) is 0 Å². The fourth-order valence-corrected chi connectivity index (χ4v) is 2.45. The van der Waals surface area contributed by atoms with Gasteiger partial charge >= 0.3 is 0 Å². The Hall–Kier alpha value is -0.750. The SMILES string of the molecule is N#CNC1CCN2CCCC2C1. The van der Waals surface area contributed by atoms with E-state index in [0.717, 1.165) is 12.5 Å². The standard InChI is InChI=1S/C9H15N3/c10-7-11-8-3-5-12-4-1-2-9(12)6-8/h8-9,11H,1-6H2. The van der Waals surface area contributed by atoms with E-state index < -0.39 is 0 Å². The Labute approximate surface area is 73.3 Å². The third-order valence-electron chi connectivity index (χ3n) is 3.09. The molecule has 12 heavy (non-hydrogen) atoms. The molecule has 2 rings (SSSR count). The molecule has 0 spiro atoms. The fraction of sp³-hybridized carbons (Fsp3) is 0.889. The van der Waals surface area contributed by atoms with Gasteiger partial charge in [-0.2, -0.15) is 5.26 Å². The van der Waals surface area contributed by atoms with Gasteiger partial charge in [-0.3, -0.25) is 0 Å². The Balaban J connectivity index is 1.89. The molecule has 1 N–H and O–H groups in total. The number of hydrogen-bond acceptors (Lipinski definition) is 3. The van der Waals surface area contributed by atoms with Gasteiger partial charge in [-0.1, -0.05) is 0 Å². The van der Waals surface area contributed by atoms with Crippen molar-refractivity contribution in [2.45, 2.75) is 37.8 Å². The molecule has 2 unspecified atom stereocenters. The van der Waals surface area contributed by atoms with Gasteiger partial charge < -0.3 is 10.2 Å². The monoisotopic (exact) mass is 165 g/mol. The van der Waals surface area contributed by atoms with Crippen LogP contribution in [-0.2, 0) is 0 Å². The summed E-state index contributed by atoms with van der Waals surface area (Å²) in [5.74, 6) is 0. The van der Waals surface area contributed by atoms with E-state index in [1.54, 1.807) is 0 Å². The molecule has 0 radical (unpaired) electrons. The summed E-state index contributed by atoms with van der Waals surface area (Å²) in [7, 11) is 0. The highest BCUT2D eigenvalue weighted by molar-refractivity contribution is 4.91. The number of rotatable bonds is 1. The molecule has 66 valence electrons. The third-order valence-corrected chi connectivity index (χ3v) is 3.09. The second-order valence-electron chi connectivity index (χ2n) is 3.81. The molecule has 0 aliphatic carbocycles. The number of nitriles is 1. The number of nitrogens with one attached hydrogen (secondary N) is 1. The lowest BCUT2D eigenvalue weighted by molar-refractivity contribution is 0.174. The molecular weight excluding hydrogens is 150 g/mol. The van der Waals surface area contributed by atoms with Gasteiger partial charge in [0.15, 0.2) is 6.19 Å². The Morgan fingerprint density at radius 2 is 2.25 bits per heavy atom. The van der Waals surface area contributed by atoms with Gasteiger partial charge in [-0.15, -0.1) is 0 Å². The quantitative estimate of drug-likeness (QED) is 0.459. The van der Waals surface area contributed by atoms with Gasteiger partial charge in [0, 0.05) is 18.6 Å². The first kappa shape index (κ1) is 7.88. The largest absolute Gasteiger partial charge is 0.321 e. The lowest BCUT2D eigenvalue weighted by atomic mass is 9.98. The van der Waals surface area contributed by atoms with Crippen LogP contribution < -0.4 is 5.32 Å². The van der Waals surface area contributed by atoms with E-state index in [1.165, 1.54) is 32.4 Å². The first-order valence-electron chi connectivity index (χ1n) is 4.79. The number of fused-ring (bicyclic) bond motifs is 1. The van der Waals surface area contributed by atoms with Crippen molar-refractivity contribution < 1.29 is 0 Å². The van der Waals surface area contributed by atoms with Crippen LogP contribution in [0.15, 0.2) is 0 Å². The average molecular weight is 165 g/mol. The van der Waals surface area contributed by atoms with Gasteiger partial charge in [0.25, 0.3) is 0 Å². The second kappa shape index (κ2) is 3.32. The molecule has 0 aromatic carbocycles. The van der Waals surface area contributed by atoms with Gasteiger partial charge in [-0.05, 0) is 32.2 Å². The fourth-order valence-electron chi connectivity index (χ4n) is 2.45. The molecule has 2 aliphatic heterocycles. The van der Waals surface area contributed by atoms with Crippen LogP contribution in [-0.4, -0.2) is 30.1 Å². The summed E-state index contributed by atoms with van der Waals surface area (Å²) in [4.78, 5) is 2.57. The Morgan fingerprint density at radius 3 is 3.08 bits per heavy atom. The summed E-state index contributed by atoms with van der Waals surface area (Å²) in [5.41, 5.74) is 0. The maximum Gasteiger partial charge on any atom is 0.176 e. The molecular formula is C9H15N3. The zero-order valence-electron chi connectivity index (χ0n) is 7.29. The molecule has 0 aromatic heterocycles. The summed E-state index contributed by atoms with van der Waals surface area (Å²) in [5, 5.41) is 11.4. The van der Waals surface area contributed by atoms with Crippen LogP contribution in [0.4, 0.5) is 0 Å². The lowest BCUT2D eigenvalue weighted by Gasteiger charge is -2.33. The second-order valence-corrected chi connectivity index (χ2v) is 3.81. The summed E-state index contributed by atoms with van der Waals surface area (Å²) >= 11 is 0. The van der Waals surface area contributed by atoms with Crippen LogP contribution >= 0.6 is 0 Å². The predicted octanol–water partition coefficient (Wildman–Crippen LogP) is 0.684. The van der Waals surface area contributed by atoms with E-state index in [1.807, 2.05) is 6.19 Å². The molecule has 2 atom stereocenters. The van der Waals surface area contributed by atoms with Crippen molar-refractivity contribution in [2.24, 2.45) is 0 Å². The van der Waals surface area contributed by atoms with Crippen LogP contribution in [0.5, 0.6) is 0 Å². The van der Waals surface area contributed by atoms with Gasteiger partial charge in [0.2, 0.25) is 0 Å². The zero-order chi connectivity index (χ0) is 8.39. The van der Waals surface area contributed by atoms with E-state index in [-0.39, 0.29) is 0 Å². The summed E-state index contributed by atoms with van der Waals surface area (Å²) in [6, 6.07) is 1.22. The first-order chi connectivity index (χ1) is 5.90. The summed E-state index contributed by atoms with van der Waals surface area (Å²) in [6.07, 6.45) is 7.05. The van der Waals surface area contributed by atoms with Crippen LogP contribution in [0.2, 0.25) is 0 Å². The van der Waals surface area contributed by atoms with Crippen LogP contribution in [0, 0.1) is 11.5 Å². The number of hydrogen-bond donors (Lipinski definition) is 1. The average Bonchev–Trinajstić information content (AvgIpc) is 2.51. The smallest absolute Gasteiger partial charge is 0.176 e. The minimum absolute atomic E-state index is 0.453. The van der Waals surface area contributed by atoms with Crippen LogP contribution in [0.3, 0.4) is 0 Å². The minimum atomic E-state index is 0.453. The van der Waals surface area contributed by atoms with Crippen molar-refractivity contribution in [3.05, 3.63) is 0 Å². The molecule has 3 nitrogen and oxygen atoms in total. The molecule has 0 aromatic rings. The van der Waals surface area contributed by atoms with Crippen molar-refractivity contribution >= 4 is 0 Å². The third kappa shape index (κ3) is 1.39. The molecule has 0 saturated carbocycles. The number of nitrogens with zero attached hydrogens (tertiary/aromatic N) is 2. The Morgan fingerprint density at radius 1 is 1.33 bits per heavy atom. The van der Waals surface area contributed by atoms with E-state index >= 15 is 0 Å². The van der Waals surface area contributed by atoms with Gasteiger partial charge in [-0.25, -0.2) is 0 Å². The topological polar surface area (TPSA) is 39.1 Å². The highest BCUT2D eigenvalue weighted by Gasteiger charge is 2.31. The van der Waals surface area contributed by atoms with E-state index in [0.29, 0.717) is 6.04 Å². The normalized spacial score (nSPS) is 35.6. The molecule has 2 fully saturated rings. The molecule has 2 heterocycles. The van der Waals surface area contributed by atoms with Crippen molar-refractivity contribution in [1.29, 1.82) is 5.26 Å². The molecule has 0 bridgehead atoms. The highest BCUT2D eigenvalue weighted by Crippen LogP contribution is 2.26. The van der Waals surface area contributed by atoms with E-state index in [2.05, 4.69) is 10.2 Å². The Bertz CT molecular complexity index is 196. The maximum absolute atomic E-state index is 8.48. The van der Waals surface area contributed by atoms with Crippen LogP contribution in [0.1, 0.15) is 25.7 Å². The molecule has 3 heteroatoms. The van der Waals surface area contributed by atoms with Gasteiger partial charge in [0.1, 0.15) is 0 Å². The molecule has 0 amide bonds. The highest BCUT2D eigenvalue weighted by atomic mass is 15.2. The first-order valence-corrected chi connectivity index (χ1v) is 4.79. The van der Waals surface area contributed by atoms with Crippen molar-refractivity contribution in [2.75, 3.05) is 13.1 Å². The molecule has 2 aliphatic rings.